The molecule has 0 aromatic heterocycles. The molecule has 1 nitrogen and oxygen atoms in total. The van der Waals surface area contributed by atoms with Crippen LogP contribution in [0.15, 0.2) is 35.5 Å². The van der Waals surface area contributed by atoms with Crippen molar-refractivity contribution < 1.29 is 0 Å². The number of rotatable bonds is 0. The van der Waals surface area contributed by atoms with E-state index in [1.54, 1.807) is 0 Å². The molecular weight excluding hydrogens is 194 g/mol. The Balaban J connectivity index is 2.17. The van der Waals surface area contributed by atoms with Crippen LogP contribution in [0.3, 0.4) is 0 Å². The molecule has 0 unspecified atom stereocenters. The summed E-state index contributed by atoms with van der Waals surface area (Å²) in [6.07, 6.45) is 12.5. The van der Waals surface area contributed by atoms with E-state index in [0.717, 1.165) is 0 Å². The van der Waals surface area contributed by atoms with E-state index in [0.29, 0.717) is 5.41 Å². The molecular formula is C15H13N. The van der Waals surface area contributed by atoms with Crippen molar-refractivity contribution in [3.63, 3.8) is 0 Å². The lowest BCUT2D eigenvalue weighted by Gasteiger charge is -2.17. The molecule has 1 saturated carbocycles. The van der Waals surface area contributed by atoms with E-state index < -0.39 is 0 Å². The van der Waals surface area contributed by atoms with Gasteiger partial charge in [-0.2, -0.15) is 0 Å². The molecule has 1 fully saturated rings. The van der Waals surface area contributed by atoms with Crippen molar-refractivity contribution in [3.8, 4) is 0 Å². The van der Waals surface area contributed by atoms with Gasteiger partial charge in [0.15, 0.2) is 0 Å². The molecule has 2 aliphatic carbocycles. The molecule has 4 rings (SSSR count). The summed E-state index contributed by atoms with van der Waals surface area (Å²) in [5.41, 5.74) is 3.24. The minimum Gasteiger partial charge on any atom is -0.264 e. The third-order valence-electron chi connectivity index (χ3n) is 3.92. The Labute approximate surface area is 94.5 Å². The molecule has 1 heterocycles. The van der Waals surface area contributed by atoms with Gasteiger partial charge < -0.3 is 0 Å². The number of aliphatic imine (C=N–C) groups is 1. The lowest BCUT2D eigenvalue weighted by atomic mass is 9.87. The second-order valence-electron chi connectivity index (χ2n) is 5.11. The minimum atomic E-state index is 0.496. The van der Waals surface area contributed by atoms with Crippen LogP contribution in [-0.2, 0) is 0 Å². The summed E-state index contributed by atoms with van der Waals surface area (Å²) in [4.78, 5) is 4.31. The first-order valence-electron chi connectivity index (χ1n) is 5.91. The van der Waals surface area contributed by atoms with Gasteiger partial charge in [-0.15, -0.1) is 0 Å². The van der Waals surface area contributed by atoms with Crippen LogP contribution in [0.5, 0.6) is 0 Å². The summed E-state index contributed by atoms with van der Waals surface area (Å²) in [7, 11) is 0. The van der Waals surface area contributed by atoms with E-state index in [4.69, 9.17) is 0 Å². The molecule has 78 valence electrons. The highest BCUT2D eigenvalue weighted by atomic mass is 14.7. The zero-order valence-electron chi connectivity index (χ0n) is 9.11. The summed E-state index contributed by atoms with van der Waals surface area (Å²) >= 11 is 0. The molecule has 0 atom stereocenters. The maximum Gasteiger partial charge on any atom is 0.0346 e. The van der Waals surface area contributed by atoms with E-state index in [9.17, 15) is 0 Å². The van der Waals surface area contributed by atoms with Crippen molar-refractivity contribution in [2.45, 2.75) is 19.3 Å². The fourth-order valence-corrected chi connectivity index (χ4v) is 2.92. The molecule has 1 aromatic rings. The SMILES string of the molecule is C1=CC2=c3c(cccc3=CC3(CC3)C2)C=N1. The van der Waals surface area contributed by atoms with Crippen LogP contribution in [0.1, 0.15) is 24.8 Å². The maximum absolute atomic E-state index is 4.31. The van der Waals surface area contributed by atoms with Crippen LogP contribution < -0.4 is 10.4 Å². The Kier molecular flexibility index (Phi) is 1.45. The van der Waals surface area contributed by atoms with Gasteiger partial charge in [-0.25, -0.2) is 0 Å². The second kappa shape index (κ2) is 2.73. The van der Waals surface area contributed by atoms with Crippen LogP contribution in [0.2, 0.25) is 0 Å². The highest BCUT2D eigenvalue weighted by Crippen LogP contribution is 2.53. The van der Waals surface area contributed by atoms with E-state index in [2.05, 4.69) is 35.3 Å². The summed E-state index contributed by atoms with van der Waals surface area (Å²) in [5, 5.41) is 2.83. The van der Waals surface area contributed by atoms with Crippen molar-refractivity contribution in [1.29, 1.82) is 0 Å². The third kappa shape index (κ3) is 1.09. The lowest BCUT2D eigenvalue weighted by molar-refractivity contribution is 0.712. The van der Waals surface area contributed by atoms with Crippen LogP contribution in [-0.4, -0.2) is 6.21 Å². The standard InChI is InChI=1S/C15H13N/c1-2-11-8-15(5-6-15)9-12-4-7-16-10-13(3-1)14(11)12/h1-4,7-8,10H,5-6,9H2. The van der Waals surface area contributed by atoms with Gasteiger partial charge in [-0.3, -0.25) is 4.99 Å². The predicted octanol–water partition coefficient (Wildman–Crippen LogP) is 1.75. The molecule has 0 amide bonds. The molecule has 1 heteroatoms. The monoisotopic (exact) mass is 207 g/mol. The number of hydrogen-bond donors (Lipinski definition) is 0. The molecule has 1 aliphatic heterocycles. The van der Waals surface area contributed by atoms with Gasteiger partial charge in [0.2, 0.25) is 0 Å². The fourth-order valence-electron chi connectivity index (χ4n) is 2.92. The summed E-state index contributed by atoms with van der Waals surface area (Å²) in [6.45, 7) is 0. The van der Waals surface area contributed by atoms with Gasteiger partial charge in [-0.1, -0.05) is 24.3 Å². The Bertz CT molecular complexity index is 643. The van der Waals surface area contributed by atoms with Gasteiger partial charge in [0.05, 0.1) is 0 Å². The van der Waals surface area contributed by atoms with Crippen molar-refractivity contribution in [2.75, 3.05) is 0 Å². The first-order chi connectivity index (χ1) is 7.86. The molecule has 1 spiro atoms. The number of allylic oxidation sites excluding steroid dienone is 1. The molecule has 0 N–H and O–H groups in total. The smallest absolute Gasteiger partial charge is 0.0346 e. The summed E-state index contributed by atoms with van der Waals surface area (Å²) < 4.78 is 0. The largest absolute Gasteiger partial charge is 0.264 e. The topological polar surface area (TPSA) is 12.4 Å². The van der Waals surface area contributed by atoms with Crippen LogP contribution in [0.4, 0.5) is 0 Å². The average molecular weight is 207 g/mol. The van der Waals surface area contributed by atoms with Crippen molar-refractivity contribution in [2.24, 2.45) is 10.4 Å². The Morgan fingerprint density at radius 2 is 2.12 bits per heavy atom. The Morgan fingerprint density at radius 1 is 1.19 bits per heavy atom. The second-order valence-corrected chi connectivity index (χ2v) is 5.11. The van der Waals surface area contributed by atoms with E-state index in [1.165, 1.54) is 40.8 Å². The molecule has 0 bridgehead atoms. The van der Waals surface area contributed by atoms with Gasteiger partial charge in [0, 0.05) is 18.0 Å². The van der Waals surface area contributed by atoms with E-state index in [1.807, 2.05) is 12.4 Å². The van der Waals surface area contributed by atoms with E-state index >= 15 is 0 Å². The molecule has 1 aromatic carbocycles. The number of benzene rings is 1. The first kappa shape index (κ1) is 8.51. The molecule has 0 saturated heterocycles. The lowest BCUT2D eigenvalue weighted by Crippen LogP contribution is -2.34. The van der Waals surface area contributed by atoms with Gasteiger partial charge in [0.1, 0.15) is 0 Å². The number of hydrogen-bond acceptors (Lipinski definition) is 1. The fraction of sp³-hybridized carbons (Fsp3) is 0.267. The zero-order valence-corrected chi connectivity index (χ0v) is 9.11. The van der Waals surface area contributed by atoms with Crippen molar-refractivity contribution in [3.05, 3.63) is 46.5 Å². The highest BCUT2D eigenvalue weighted by Gasteiger charge is 2.41. The van der Waals surface area contributed by atoms with Gasteiger partial charge in [-0.05, 0) is 46.8 Å². The highest BCUT2D eigenvalue weighted by molar-refractivity contribution is 5.85. The quantitative estimate of drug-likeness (QED) is 0.614. The molecule has 16 heavy (non-hydrogen) atoms. The maximum atomic E-state index is 4.31. The predicted molar refractivity (Wildman–Crippen MR) is 66.6 cm³/mol. The third-order valence-corrected chi connectivity index (χ3v) is 3.92. The van der Waals surface area contributed by atoms with Crippen LogP contribution in [0, 0.1) is 5.41 Å². The summed E-state index contributed by atoms with van der Waals surface area (Å²) in [6, 6.07) is 6.54. The van der Waals surface area contributed by atoms with Crippen molar-refractivity contribution in [1.82, 2.24) is 0 Å². The van der Waals surface area contributed by atoms with Crippen LogP contribution in [0.25, 0.3) is 11.6 Å². The Morgan fingerprint density at radius 3 is 3.00 bits per heavy atom. The van der Waals surface area contributed by atoms with Crippen molar-refractivity contribution >= 4 is 17.9 Å². The average Bonchev–Trinajstić information content (AvgIpc) is 3.05. The van der Waals surface area contributed by atoms with Gasteiger partial charge in [0.25, 0.3) is 0 Å². The van der Waals surface area contributed by atoms with Gasteiger partial charge >= 0.3 is 0 Å². The number of nitrogens with zero attached hydrogens (tertiary/aromatic N) is 1. The normalized spacial score (nSPS) is 22.6. The van der Waals surface area contributed by atoms with Crippen LogP contribution >= 0.6 is 0 Å². The first-order valence-corrected chi connectivity index (χ1v) is 5.91. The molecule has 3 aliphatic rings. The zero-order chi connectivity index (χ0) is 10.6. The molecule has 0 radical (unpaired) electrons. The summed E-state index contributed by atoms with van der Waals surface area (Å²) in [5.74, 6) is 0. The van der Waals surface area contributed by atoms with E-state index in [-0.39, 0.29) is 0 Å². The Hall–Kier alpha value is -1.63. The minimum absolute atomic E-state index is 0.496.